The lowest BCUT2D eigenvalue weighted by Gasteiger charge is -2.16. The van der Waals surface area contributed by atoms with Crippen molar-refractivity contribution in [3.05, 3.63) is 35.1 Å². The van der Waals surface area contributed by atoms with Gasteiger partial charge in [0.2, 0.25) is 0 Å². The van der Waals surface area contributed by atoms with Crippen LogP contribution in [0.25, 0.3) is 0 Å². The average molecular weight is 223 g/mol. The van der Waals surface area contributed by atoms with Crippen LogP contribution in [0.2, 0.25) is 0 Å². The lowest BCUT2D eigenvalue weighted by Crippen LogP contribution is -2.20. The molecule has 1 rings (SSSR count). The Labute approximate surface area is 83.3 Å². The normalized spacial score (nSPS) is 14.0. The fourth-order valence-electron chi connectivity index (χ4n) is 1.20. The van der Waals surface area contributed by atoms with Crippen LogP contribution in [-0.2, 0) is 6.18 Å². The number of hydrogen-bond acceptors (Lipinski definition) is 2. The van der Waals surface area contributed by atoms with E-state index < -0.39 is 30.2 Å². The highest BCUT2D eigenvalue weighted by molar-refractivity contribution is 5.32. The van der Waals surface area contributed by atoms with E-state index >= 15 is 0 Å². The maximum atomic E-state index is 12.6. The summed E-state index contributed by atoms with van der Waals surface area (Å²) in [4.78, 5) is 0. The summed E-state index contributed by atoms with van der Waals surface area (Å²) in [6.45, 7) is -0.630. The van der Waals surface area contributed by atoms with Crippen LogP contribution in [0.3, 0.4) is 0 Å². The molecule has 0 aliphatic carbocycles. The van der Waals surface area contributed by atoms with E-state index in [4.69, 9.17) is 10.8 Å². The molecule has 0 radical (unpaired) electrons. The average Bonchev–Trinajstić information content (AvgIpc) is 2.15. The second-order valence-corrected chi connectivity index (χ2v) is 3.02. The van der Waals surface area contributed by atoms with Crippen molar-refractivity contribution >= 4 is 0 Å². The molecular formula is C9H9F4NO. The van der Waals surface area contributed by atoms with Gasteiger partial charge in [0.1, 0.15) is 5.82 Å². The molecule has 0 aliphatic heterocycles. The van der Waals surface area contributed by atoms with Crippen molar-refractivity contribution in [1.82, 2.24) is 0 Å². The third kappa shape index (κ3) is 2.66. The summed E-state index contributed by atoms with van der Waals surface area (Å²) in [5, 5.41) is 8.66. The van der Waals surface area contributed by atoms with Crippen molar-refractivity contribution in [3.8, 4) is 0 Å². The number of hydrogen-bond donors (Lipinski definition) is 2. The number of rotatable bonds is 2. The van der Waals surface area contributed by atoms with E-state index in [0.29, 0.717) is 6.07 Å². The minimum atomic E-state index is -4.68. The molecule has 0 fully saturated rings. The zero-order valence-corrected chi connectivity index (χ0v) is 7.55. The number of aliphatic hydroxyl groups excluding tert-OH is 1. The molecule has 84 valence electrons. The van der Waals surface area contributed by atoms with Gasteiger partial charge >= 0.3 is 6.18 Å². The van der Waals surface area contributed by atoms with Crippen molar-refractivity contribution in [2.24, 2.45) is 5.73 Å². The number of aliphatic hydroxyl groups is 1. The van der Waals surface area contributed by atoms with Crippen LogP contribution in [-0.4, -0.2) is 11.7 Å². The zero-order valence-electron chi connectivity index (χ0n) is 7.55. The van der Waals surface area contributed by atoms with E-state index in [9.17, 15) is 17.6 Å². The van der Waals surface area contributed by atoms with Gasteiger partial charge in [0.15, 0.2) is 0 Å². The van der Waals surface area contributed by atoms with Crippen molar-refractivity contribution in [2.45, 2.75) is 12.2 Å². The Morgan fingerprint density at radius 2 is 1.93 bits per heavy atom. The molecule has 0 bridgehead atoms. The van der Waals surface area contributed by atoms with Crippen LogP contribution in [0.1, 0.15) is 17.2 Å². The quantitative estimate of drug-likeness (QED) is 0.751. The van der Waals surface area contributed by atoms with Crippen molar-refractivity contribution in [2.75, 3.05) is 6.61 Å². The summed E-state index contributed by atoms with van der Waals surface area (Å²) >= 11 is 0. The monoisotopic (exact) mass is 223 g/mol. The molecule has 0 aliphatic rings. The van der Waals surface area contributed by atoms with E-state index in [-0.39, 0.29) is 5.56 Å². The van der Waals surface area contributed by atoms with Crippen LogP contribution in [0, 0.1) is 5.82 Å². The Bertz CT molecular complexity index is 350. The maximum Gasteiger partial charge on any atom is 0.416 e. The first-order chi connectivity index (χ1) is 6.86. The van der Waals surface area contributed by atoms with Crippen LogP contribution in [0.15, 0.2) is 18.2 Å². The Morgan fingerprint density at radius 3 is 2.40 bits per heavy atom. The molecule has 1 atom stereocenters. The van der Waals surface area contributed by atoms with Gasteiger partial charge in [0.25, 0.3) is 0 Å². The van der Waals surface area contributed by atoms with E-state index in [2.05, 4.69) is 0 Å². The van der Waals surface area contributed by atoms with E-state index in [1.54, 1.807) is 0 Å². The maximum absolute atomic E-state index is 12.6. The molecule has 0 amide bonds. The van der Waals surface area contributed by atoms with E-state index in [0.717, 1.165) is 12.1 Å². The fraction of sp³-hybridized carbons (Fsp3) is 0.333. The van der Waals surface area contributed by atoms with Gasteiger partial charge in [-0.2, -0.15) is 13.2 Å². The second kappa shape index (κ2) is 4.16. The third-order valence-corrected chi connectivity index (χ3v) is 1.92. The van der Waals surface area contributed by atoms with Crippen molar-refractivity contribution < 1.29 is 22.7 Å². The van der Waals surface area contributed by atoms with Crippen LogP contribution >= 0.6 is 0 Å². The van der Waals surface area contributed by atoms with E-state index in [1.807, 2.05) is 0 Å². The lowest BCUT2D eigenvalue weighted by atomic mass is 10.0. The highest BCUT2D eigenvalue weighted by Crippen LogP contribution is 2.34. The third-order valence-electron chi connectivity index (χ3n) is 1.92. The highest BCUT2D eigenvalue weighted by atomic mass is 19.4. The number of benzene rings is 1. The first-order valence-corrected chi connectivity index (χ1v) is 4.09. The standard InChI is InChI=1S/C9H9F4NO/c10-5-1-2-6(8(14)4-15)7(3-5)9(11,12)13/h1-3,8,15H,4,14H2. The minimum Gasteiger partial charge on any atom is -0.394 e. The van der Waals surface area contributed by atoms with Gasteiger partial charge in [0, 0.05) is 0 Å². The summed E-state index contributed by atoms with van der Waals surface area (Å²) in [7, 11) is 0. The summed E-state index contributed by atoms with van der Waals surface area (Å²) in [6.07, 6.45) is -4.68. The predicted octanol–water partition coefficient (Wildman–Crippen LogP) is 1.84. The van der Waals surface area contributed by atoms with Gasteiger partial charge in [-0.1, -0.05) is 6.07 Å². The highest BCUT2D eigenvalue weighted by Gasteiger charge is 2.34. The van der Waals surface area contributed by atoms with Crippen LogP contribution in [0.5, 0.6) is 0 Å². The predicted molar refractivity (Wildman–Crippen MR) is 45.4 cm³/mol. The second-order valence-electron chi connectivity index (χ2n) is 3.02. The Hall–Kier alpha value is -1.14. The van der Waals surface area contributed by atoms with Gasteiger partial charge in [-0.05, 0) is 17.7 Å². The molecule has 1 unspecified atom stereocenters. The van der Waals surface area contributed by atoms with Gasteiger partial charge in [-0.3, -0.25) is 0 Å². The Kier molecular flexibility index (Phi) is 3.31. The molecule has 1 aromatic carbocycles. The molecule has 0 heterocycles. The molecule has 3 N–H and O–H groups in total. The molecular weight excluding hydrogens is 214 g/mol. The largest absolute Gasteiger partial charge is 0.416 e. The molecule has 0 aromatic heterocycles. The summed E-state index contributed by atoms with van der Waals surface area (Å²) < 4.78 is 49.9. The first-order valence-electron chi connectivity index (χ1n) is 4.09. The molecule has 6 heteroatoms. The van der Waals surface area contributed by atoms with Crippen molar-refractivity contribution in [3.63, 3.8) is 0 Å². The minimum absolute atomic E-state index is 0.314. The lowest BCUT2D eigenvalue weighted by molar-refractivity contribution is -0.138. The smallest absolute Gasteiger partial charge is 0.394 e. The first kappa shape index (κ1) is 11.9. The molecule has 1 aromatic rings. The van der Waals surface area contributed by atoms with E-state index in [1.165, 1.54) is 0 Å². The van der Waals surface area contributed by atoms with Crippen LogP contribution in [0.4, 0.5) is 17.6 Å². The Morgan fingerprint density at radius 1 is 1.33 bits per heavy atom. The summed E-state index contributed by atoms with van der Waals surface area (Å²) in [5.74, 6) is -0.990. The number of nitrogens with two attached hydrogens (primary N) is 1. The topological polar surface area (TPSA) is 46.2 Å². The molecule has 0 saturated carbocycles. The zero-order chi connectivity index (χ0) is 11.6. The summed E-state index contributed by atoms with van der Waals surface area (Å²) in [6, 6.07) is 1.01. The molecule has 15 heavy (non-hydrogen) atoms. The van der Waals surface area contributed by atoms with Gasteiger partial charge < -0.3 is 10.8 Å². The SMILES string of the molecule is NC(CO)c1ccc(F)cc1C(F)(F)F. The van der Waals surface area contributed by atoms with Gasteiger partial charge in [-0.15, -0.1) is 0 Å². The number of halogens is 4. The fourth-order valence-corrected chi connectivity index (χ4v) is 1.20. The number of alkyl halides is 3. The molecule has 2 nitrogen and oxygen atoms in total. The van der Waals surface area contributed by atoms with Crippen molar-refractivity contribution in [1.29, 1.82) is 0 Å². The summed E-state index contributed by atoms with van der Waals surface area (Å²) in [5.41, 5.74) is 3.81. The van der Waals surface area contributed by atoms with Gasteiger partial charge in [0.05, 0.1) is 18.2 Å². The molecule has 0 saturated heterocycles. The van der Waals surface area contributed by atoms with Gasteiger partial charge in [-0.25, -0.2) is 4.39 Å². The molecule has 0 spiro atoms. The van der Waals surface area contributed by atoms with Crippen LogP contribution < -0.4 is 5.73 Å². The Balaban J connectivity index is 3.27.